The van der Waals surface area contributed by atoms with E-state index < -0.39 is 0 Å². The molecular weight excluding hydrogens is 400 g/mol. The first kappa shape index (κ1) is 23.0. The standard InChI is InChI=1S/C21H30N4O3.CH2O2/c1-23(2)19(26)12-18-16-7-11-25(13-15(16)14-28-18)20-17(6-5-8-22-20)21(27)24-9-3-4-10-24;2-1-3/h5-6,8,15-16,18H,3-4,7,9-14H2,1-2H3;1H,(H,2,3)/t15-,16-,18+;/m1./s1. The smallest absolute Gasteiger partial charge is 0.290 e. The van der Waals surface area contributed by atoms with Crippen molar-refractivity contribution in [2.45, 2.75) is 31.8 Å². The normalized spacial score (nSPS) is 24.8. The summed E-state index contributed by atoms with van der Waals surface area (Å²) in [5.41, 5.74) is 0.709. The monoisotopic (exact) mass is 432 g/mol. The third-order valence-corrected chi connectivity index (χ3v) is 6.38. The highest BCUT2D eigenvalue weighted by Gasteiger charge is 2.42. The summed E-state index contributed by atoms with van der Waals surface area (Å²) in [4.78, 5) is 43.8. The van der Waals surface area contributed by atoms with Gasteiger partial charge in [-0.1, -0.05) is 0 Å². The highest BCUT2D eigenvalue weighted by molar-refractivity contribution is 5.99. The second kappa shape index (κ2) is 10.6. The molecule has 1 aromatic rings. The second-order valence-corrected chi connectivity index (χ2v) is 8.50. The van der Waals surface area contributed by atoms with Crippen LogP contribution in [0.15, 0.2) is 18.3 Å². The summed E-state index contributed by atoms with van der Waals surface area (Å²) in [5, 5.41) is 6.89. The number of aromatic nitrogens is 1. The van der Waals surface area contributed by atoms with Crippen LogP contribution in [0.5, 0.6) is 0 Å². The zero-order chi connectivity index (χ0) is 22.4. The van der Waals surface area contributed by atoms with Crippen molar-refractivity contribution in [3.05, 3.63) is 23.9 Å². The van der Waals surface area contributed by atoms with Crippen LogP contribution in [0.3, 0.4) is 0 Å². The number of hydrogen-bond donors (Lipinski definition) is 1. The van der Waals surface area contributed by atoms with E-state index in [1.54, 1.807) is 25.2 Å². The molecule has 4 heterocycles. The van der Waals surface area contributed by atoms with Gasteiger partial charge in [-0.3, -0.25) is 14.4 Å². The summed E-state index contributed by atoms with van der Waals surface area (Å²) >= 11 is 0. The van der Waals surface area contributed by atoms with E-state index in [1.165, 1.54) is 0 Å². The number of ether oxygens (including phenoxy) is 1. The number of carbonyl (C=O) groups is 3. The maximum absolute atomic E-state index is 13.0. The van der Waals surface area contributed by atoms with E-state index in [0.717, 1.165) is 51.3 Å². The zero-order valence-electron chi connectivity index (χ0n) is 18.3. The van der Waals surface area contributed by atoms with E-state index in [0.29, 0.717) is 30.4 Å². The zero-order valence-corrected chi connectivity index (χ0v) is 18.3. The molecule has 0 bridgehead atoms. The third kappa shape index (κ3) is 5.33. The summed E-state index contributed by atoms with van der Waals surface area (Å²) in [7, 11) is 3.58. The lowest BCUT2D eigenvalue weighted by atomic mass is 9.83. The van der Waals surface area contributed by atoms with Gasteiger partial charge in [0.25, 0.3) is 12.4 Å². The molecule has 0 aliphatic carbocycles. The van der Waals surface area contributed by atoms with Crippen molar-refractivity contribution >= 4 is 24.1 Å². The molecule has 3 atom stereocenters. The SMILES string of the molecule is CN(C)C(=O)C[C@@H]1OC[C@H]2CN(c3ncccc3C(=O)N3CCCC3)CC[C@H]21.O=CO. The quantitative estimate of drug-likeness (QED) is 0.716. The van der Waals surface area contributed by atoms with Crippen molar-refractivity contribution in [1.29, 1.82) is 0 Å². The molecule has 1 N–H and O–H groups in total. The van der Waals surface area contributed by atoms with Crippen LogP contribution in [0.1, 0.15) is 36.0 Å². The van der Waals surface area contributed by atoms with Gasteiger partial charge < -0.3 is 24.5 Å². The van der Waals surface area contributed by atoms with Crippen molar-refractivity contribution in [2.24, 2.45) is 11.8 Å². The van der Waals surface area contributed by atoms with Crippen LogP contribution in [0.2, 0.25) is 0 Å². The van der Waals surface area contributed by atoms with Gasteiger partial charge >= 0.3 is 0 Å². The number of likely N-dealkylation sites (tertiary alicyclic amines) is 1. The highest BCUT2D eigenvalue weighted by atomic mass is 16.5. The van der Waals surface area contributed by atoms with Gasteiger partial charge in [0.05, 0.1) is 24.7 Å². The molecule has 170 valence electrons. The van der Waals surface area contributed by atoms with Gasteiger partial charge in [0, 0.05) is 52.4 Å². The van der Waals surface area contributed by atoms with Crippen LogP contribution < -0.4 is 4.90 Å². The molecule has 0 unspecified atom stereocenters. The molecule has 9 nitrogen and oxygen atoms in total. The lowest BCUT2D eigenvalue weighted by Gasteiger charge is -2.37. The number of hydrogen-bond acceptors (Lipinski definition) is 6. The van der Waals surface area contributed by atoms with E-state index in [-0.39, 0.29) is 24.4 Å². The van der Waals surface area contributed by atoms with E-state index in [9.17, 15) is 9.59 Å². The first-order valence-electron chi connectivity index (χ1n) is 10.8. The van der Waals surface area contributed by atoms with Gasteiger partial charge in [-0.05, 0) is 37.3 Å². The van der Waals surface area contributed by atoms with E-state index in [4.69, 9.17) is 14.6 Å². The number of pyridine rings is 1. The predicted octanol–water partition coefficient (Wildman–Crippen LogP) is 1.34. The Kier molecular flexibility index (Phi) is 7.84. The Labute approximate surface area is 183 Å². The van der Waals surface area contributed by atoms with Crippen LogP contribution in [0.25, 0.3) is 0 Å². The van der Waals surface area contributed by atoms with E-state index in [2.05, 4.69) is 9.88 Å². The molecule has 0 radical (unpaired) electrons. The molecular formula is C22H32N4O5. The maximum atomic E-state index is 13.0. The number of piperidine rings is 1. The number of carboxylic acid groups (broad SMARTS) is 1. The van der Waals surface area contributed by atoms with Gasteiger partial charge in [0.1, 0.15) is 5.82 Å². The third-order valence-electron chi connectivity index (χ3n) is 6.38. The Bertz CT molecular complexity index is 781. The molecule has 3 aliphatic rings. The maximum Gasteiger partial charge on any atom is 0.290 e. The van der Waals surface area contributed by atoms with Crippen LogP contribution in [-0.4, -0.2) is 91.2 Å². The lowest BCUT2D eigenvalue weighted by molar-refractivity contribution is -0.131. The Morgan fingerprint density at radius 2 is 2.00 bits per heavy atom. The molecule has 3 fully saturated rings. The van der Waals surface area contributed by atoms with Crippen LogP contribution in [0.4, 0.5) is 5.82 Å². The molecule has 0 spiro atoms. The fraction of sp³-hybridized carbons (Fsp3) is 0.636. The van der Waals surface area contributed by atoms with Crippen molar-refractivity contribution < 1.29 is 24.2 Å². The van der Waals surface area contributed by atoms with Gasteiger partial charge in [-0.25, -0.2) is 4.98 Å². The minimum atomic E-state index is -0.250. The van der Waals surface area contributed by atoms with Gasteiger partial charge in [-0.15, -0.1) is 0 Å². The molecule has 0 saturated carbocycles. The van der Waals surface area contributed by atoms with Crippen molar-refractivity contribution in [3.8, 4) is 0 Å². The van der Waals surface area contributed by atoms with E-state index in [1.807, 2.05) is 17.0 Å². The van der Waals surface area contributed by atoms with E-state index >= 15 is 0 Å². The minimum absolute atomic E-state index is 0.0106. The molecule has 0 aromatic carbocycles. The Balaban J connectivity index is 0.000000858. The molecule has 4 rings (SSSR count). The average molecular weight is 433 g/mol. The topological polar surface area (TPSA) is 103 Å². The summed E-state index contributed by atoms with van der Waals surface area (Å²) < 4.78 is 5.99. The van der Waals surface area contributed by atoms with Crippen LogP contribution in [0, 0.1) is 11.8 Å². The fourth-order valence-electron chi connectivity index (χ4n) is 4.75. The fourth-order valence-corrected chi connectivity index (χ4v) is 4.75. The first-order valence-corrected chi connectivity index (χ1v) is 10.8. The number of carbonyl (C=O) groups excluding carboxylic acids is 2. The molecule has 2 amide bonds. The van der Waals surface area contributed by atoms with Crippen molar-refractivity contribution in [3.63, 3.8) is 0 Å². The number of amides is 2. The van der Waals surface area contributed by atoms with Gasteiger partial charge in [-0.2, -0.15) is 0 Å². The van der Waals surface area contributed by atoms with Gasteiger partial charge in [0.2, 0.25) is 5.91 Å². The summed E-state index contributed by atoms with van der Waals surface area (Å²) in [5.74, 6) is 1.80. The van der Waals surface area contributed by atoms with Gasteiger partial charge in [0.15, 0.2) is 0 Å². The molecule has 3 saturated heterocycles. The highest BCUT2D eigenvalue weighted by Crippen LogP contribution is 2.38. The summed E-state index contributed by atoms with van der Waals surface area (Å²) in [6, 6.07) is 3.75. The predicted molar refractivity (Wildman–Crippen MR) is 115 cm³/mol. The van der Waals surface area contributed by atoms with Crippen molar-refractivity contribution in [1.82, 2.24) is 14.8 Å². The summed E-state index contributed by atoms with van der Waals surface area (Å²) in [6.07, 6.45) is 5.36. The Hall–Kier alpha value is -2.68. The molecule has 3 aliphatic heterocycles. The number of rotatable bonds is 4. The first-order chi connectivity index (χ1) is 15.0. The van der Waals surface area contributed by atoms with Crippen LogP contribution >= 0.6 is 0 Å². The number of fused-ring (bicyclic) bond motifs is 1. The Morgan fingerprint density at radius 3 is 2.68 bits per heavy atom. The number of nitrogens with zero attached hydrogens (tertiary/aromatic N) is 4. The molecule has 1 aromatic heterocycles. The van der Waals surface area contributed by atoms with Crippen molar-refractivity contribution in [2.75, 3.05) is 51.8 Å². The van der Waals surface area contributed by atoms with Crippen LogP contribution in [-0.2, 0) is 14.3 Å². The largest absolute Gasteiger partial charge is 0.483 e. The lowest BCUT2D eigenvalue weighted by Crippen LogP contribution is -2.43. The second-order valence-electron chi connectivity index (χ2n) is 8.50. The number of anilines is 1. The summed E-state index contributed by atoms with van der Waals surface area (Å²) in [6.45, 7) is 3.78. The molecule has 9 heteroatoms. The Morgan fingerprint density at radius 1 is 1.29 bits per heavy atom. The average Bonchev–Trinajstić information content (AvgIpc) is 3.44. The minimum Gasteiger partial charge on any atom is -0.483 e. The molecule has 31 heavy (non-hydrogen) atoms.